The number of rotatable bonds is 4. The summed E-state index contributed by atoms with van der Waals surface area (Å²) in [5.74, 6) is 0.536. The van der Waals surface area contributed by atoms with E-state index in [9.17, 15) is 9.59 Å². The SMILES string of the molecule is CN1CC(NC(=O)COc2ccc(N)cc2)CCC1=O. The van der Waals surface area contributed by atoms with Gasteiger partial charge in [0.05, 0.1) is 0 Å². The lowest BCUT2D eigenvalue weighted by Crippen LogP contribution is -2.49. The number of likely N-dealkylation sites (tertiary alicyclic amines) is 1. The van der Waals surface area contributed by atoms with E-state index >= 15 is 0 Å². The molecule has 0 aromatic heterocycles. The fraction of sp³-hybridized carbons (Fsp3) is 0.429. The summed E-state index contributed by atoms with van der Waals surface area (Å²) in [6.45, 7) is 0.504. The van der Waals surface area contributed by atoms with Crippen LogP contribution in [0.4, 0.5) is 5.69 Å². The number of nitrogens with two attached hydrogens (primary N) is 1. The number of ether oxygens (including phenoxy) is 1. The molecule has 2 amide bonds. The zero-order valence-electron chi connectivity index (χ0n) is 11.5. The number of nitrogens with zero attached hydrogens (tertiary/aromatic N) is 1. The predicted octanol–water partition coefficient (Wildman–Crippen LogP) is 0.385. The number of carbonyl (C=O) groups excluding carboxylic acids is 2. The summed E-state index contributed by atoms with van der Waals surface area (Å²) in [4.78, 5) is 24.8. The number of nitrogen functional groups attached to an aromatic ring is 1. The molecule has 20 heavy (non-hydrogen) atoms. The van der Waals surface area contributed by atoms with Crippen LogP contribution in [0, 0.1) is 0 Å². The topological polar surface area (TPSA) is 84.7 Å². The third-order valence-electron chi connectivity index (χ3n) is 3.24. The van der Waals surface area contributed by atoms with Gasteiger partial charge in [-0.15, -0.1) is 0 Å². The predicted molar refractivity (Wildman–Crippen MR) is 75.2 cm³/mol. The molecular formula is C14H19N3O3. The van der Waals surface area contributed by atoms with Gasteiger partial charge < -0.3 is 20.7 Å². The van der Waals surface area contributed by atoms with Crippen LogP contribution in [-0.2, 0) is 9.59 Å². The van der Waals surface area contributed by atoms with Gasteiger partial charge >= 0.3 is 0 Å². The van der Waals surface area contributed by atoms with Crippen LogP contribution in [0.1, 0.15) is 12.8 Å². The van der Waals surface area contributed by atoms with Crippen LogP contribution in [0.5, 0.6) is 5.75 Å². The highest BCUT2D eigenvalue weighted by atomic mass is 16.5. The van der Waals surface area contributed by atoms with E-state index in [4.69, 9.17) is 10.5 Å². The lowest BCUT2D eigenvalue weighted by atomic mass is 10.1. The summed E-state index contributed by atoms with van der Waals surface area (Å²) in [6, 6.07) is 6.87. The van der Waals surface area contributed by atoms with Gasteiger partial charge in [-0.05, 0) is 30.7 Å². The Kier molecular flexibility index (Phi) is 4.45. The van der Waals surface area contributed by atoms with Crippen LogP contribution in [0.25, 0.3) is 0 Å². The smallest absolute Gasteiger partial charge is 0.258 e. The van der Waals surface area contributed by atoms with Crippen molar-refractivity contribution in [2.45, 2.75) is 18.9 Å². The molecule has 1 aliphatic heterocycles. The standard InChI is InChI=1S/C14H19N3O3/c1-17-8-11(4-7-14(17)19)16-13(18)9-20-12-5-2-10(15)3-6-12/h2-3,5-6,11H,4,7-9,15H2,1H3,(H,16,18). The summed E-state index contributed by atoms with van der Waals surface area (Å²) in [5.41, 5.74) is 6.21. The second kappa shape index (κ2) is 6.27. The molecule has 0 aliphatic carbocycles. The average Bonchev–Trinajstić information content (AvgIpc) is 2.42. The maximum Gasteiger partial charge on any atom is 0.258 e. The lowest BCUT2D eigenvalue weighted by Gasteiger charge is -2.30. The van der Waals surface area contributed by atoms with E-state index in [0.717, 1.165) is 0 Å². The highest BCUT2D eigenvalue weighted by molar-refractivity contribution is 5.79. The van der Waals surface area contributed by atoms with E-state index in [1.54, 1.807) is 36.2 Å². The van der Waals surface area contributed by atoms with Crippen LogP contribution >= 0.6 is 0 Å². The van der Waals surface area contributed by atoms with Crippen LogP contribution in [0.2, 0.25) is 0 Å². The highest BCUT2D eigenvalue weighted by Gasteiger charge is 2.23. The van der Waals surface area contributed by atoms with Crippen molar-refractivity contribution in [1.82, 2.24) is 10.2 Å². The number of piperidine rings is 1. The molecule has 2 rings (SSSR count). The average molecular weight is 277 g/mol. The first-order chi connectivity index (χ1) is 9.54. The number of benzene rings is 1. The summed E-state index contributed by atoms with van der Waals surface area (Å²) in [7, 11) is 1.74. The molecule has 1 heterocycles. The number of hydrogen-bond donors (Lipinski definition) is 2. The molecule has 6 heteroatoms. The molecule has 1 aromatic rings. The number of nitrogens with one attached hydrogen (secondary N) is 1. The lowest BCUT2D eigenvalue weighted by molar-refractivity contribution is -0.134. The van der Waals surface area contributed by atoms with Gasteiger partial charge in [-0.1, -0.05) is 0 Å². The van der Waals surface area contributed by atoms with E-state index in [1.807, 2.05) is 0 Å². The molecular weight excluding hydrogens is 258 g/mol. The van der Waals surface area contributed by atoms with Gasteiger partial charge in [-0.3, -0.25) is 9.59 Å². The number of likely N-dealkylation sites (N-methyl/N-ethyl adjacent to an activating group) is 1. The number of carbonyl (C=O) groups is 2. The Bertz CT molecular complexity index is 487. The van der Waals surface area contributed by atoms with Gasteiger partial charge in [0.15, 0.2) is 6.61 Å². The number of anilines is 1. The fourth-order valence-corrected chi connectivity index (χ4v) is 2.11. The van der Waals surface area contributed by atoms with Crippen LogP contribution in [0.3, 0.4) is 0 Å². The third kappa shape index (κ3) is 3.88. The molecule has 1 fully saturated rings. The van der Waals surface area contributed by atoms with E-state index in [2.05, 4.69) is 5.32 Å². The van der Waals surface area contributed by atoms with Gasteiger partial charge in [0, 0.05) is 31.7 Å². The van der Waals surface area contributed by atoms with E-state index in [-0.39, 0.29) is 24.5 Å². The van der Waals surface area contributed by atoms with Crippen molar-refractivity contribution < 1.29 is 14.3 Å². The zero-order valence-corrected chi connectivity index (χ0v) is 11.5. The highest BCUT2D eigenvalue weighted by Crippen LogP contribution is 2.13. The van der Waals surface area contributed by atoms with Crippen LogP contribution in [0.15, 0.2) is 24.3 Å². The quantitative estimate of drug-likeness (QED) is 0.779. The van der Waals surface area contributed by atoms with E-state index < -0.39 is 0 Å². The molecule has 0 bridgehead atoms. The Balaban J connectivity index is 1.75. The van der Waals surface area contributed by atoms with Gasteiger partial charge in [0.2, 0.25) is 5.91 Å². The molecule has 1 aliphatic rings. The van der Waals surface area contributed by atoms with Crippen molar-refractivity contribution in [2.24, 2.45) is 0 Å². The normalized spacial score (nSPS) is 18.8. The molecule has 1 aromatic carbocycles. The molecule has 1 atom stereocenters. The fourth-order valence-electron chi connectivity index (χ4n) is 2.11. The summed E-state index contributed by atoms with van der Waals surface area (Å²) >= 11 is 0. The summed E-state index contributed by atoms with van der Waals surface area (Å²) < 4.78 is 5.36. The molecule has 3 N–H and O–H groups in total. The van der Waals surface area contributed by atoms with Crippen LogP contribution in [-0.4, -0.2) is 43.0 Å². The Labute approximate surface area is 117 Å². The maximum absolute atomic E-state index is 11.8. The second-order valence-electron chi connectivity index (χ2n) is 4.94. The van der Waals surface area contributed by atoms with Crippen molar-refractivity contribution >= 4 is 17.5 Å². The van der Waals surface area contributed by atoms with Crippen molar-refractivity contribution in [3.63, 3.8) is 0 Å². The molecule has 1 unspecified atom stereocenters. The molecule has 1 saturated heterocycles. The zero-order chi connectivity index (χ0) is 14.5. The minimum Gasteiger partial charge on any atom is -0.484 e. The third-order valence-corrected chi connectivity index (χ3v) is 3.24. The Morgan fingerprint density at radius 1 is 1.45 bits per heavy atom. The summed E-state index contributed by atoms with van der Waals surface area (Å²) in [6.07, 6.45) is 1.15. The monoisotopic (exact) mass is 277 g/mol. The first-order valence-corrected chi connectivity index (χ1v) is 6.56. The Hall–Kier alpha value is -2.24. The molecule has 0 spiro atoms. The molecule has 0 saturated carbocycles. The van der Waals surface area contributed by atoms with Crippen molar-refractivity contribution in [1.29, 1.82) is 0 Å². The van der Waals surface area contributed by atoms with Crippen molar-refractivity contribution in [3.8, 4) is 5.75 Å². The van der Waals surface area contributed by atoms with E-state index in [1.165, 1.54) is 0 Å². The second-order valence-corrected chi connectivity index (χ2v) is 4.94. The first-order valence-electron chi connectivity index (χ1n) is 6.56. The molecule has 0 radical (unpaired) electrons. The van der Waals surface area contributed by atoms with E-state index in [0.29, 0.717) is 30.8 Å². The minimum atomic E-state index is -0.186. The Morgan fingerprint density at radius 2 is 2.15 bits per heavy atom. The number of hydrogen-bond acceptors (Lipinski definition) is 4. The van der Waals surface area contributed by atoms with Gasteiger partial charge in [-0.25, -0.2) is 0 Å². The van der Waals surface area contributed by atoms with Crippen LogP contribution < -0.4 is 15.8 Å². The van der Waals surface area contributed by atoms with Crippen molar-refractivity contribution in [3.05, 3.63) is 24.3 Å². The van der Waals surface area contributed by atoms with Gasteiger partial charge in [0.1, 0.15) is 5.75 Å². The molecule has 6 nitrogen and oxygen atoms in total. The molecule has 108 valence electrons. The minimum absolute atomic E-state index is 0.000202. The first kappa shape index (κ1) is 14.2. The maximum atomic E-state index is 11.8. The summed E-state index contributed by atoms with van der Waals surface area (Å²) in [5, 5.41) is 2.87. The number of amides is 2. The van der Waals surface area contributed by atoms with Gasteiger partial charge in [0.25, 0.3) is 5.91 Å². The largest absolute Gasteiger partial charge is 0.484 e. The van der Waals surface area contributed by atoms with Gasteiger partial charge in [-0.2, -0.15) is 0 Å². The Morgan fingerprint density at radius 3 is 2.80 bits per heavy atom. The van der Waals surface area contributed by atoms with Crippen molar-refractivity contribution in [2.75, 3.05) is 25.9 Å².